The normalized spacial score (nSPS) is 19.7. The van der Waals surface area contributed by atoms with Gasteiger partial charge in [-0.15, -0.1) is 0 Å². The van der Waals surface area contributed by atoms with Crippen LogP contribution in [0.3, 0.4) is 0 Å². The molecule has 35 heavy (non-hydrogen) atoms. The molecule has 0 spiro atoms. The van der Waals surface area contributed by atoms with Gasteiger partial charge >= 0.3 is 0 Å². The zero-order valence-corrected chi connectivity index (χ0v) is 21.8. The summed E-state index contributed by atoms with van der Waals surface area (Å²) in [6.45, 7) is 8.06. The van der Waals surface area contributed by atoms with Gasteiger partial charge in [0.2, 0.25) is 0 Å². The van der Waals surface area contributed by atoms with Crippen molar-refractivity contribution in [3.8, 4) is 5.75 Å². The van der Waals surface area contributed by atoms with Crippen LogP contribution in [0.1, 0.15) is 69.2 Å². The number of ether oxygens (including phenoxy) is 4. The number of hydrogen-bond acceptors (Lipinski definition) is 5. The predicted octanol–water partition coefficient (Wildman–Crippen LogP) is 6.85. The number of hydrogen-bond donors (Lipinski definition) is 0. The SMILES string of the molecule is CCCCO[C@@H]1[C@@H](OCCCC)C=C(C=O)O[C@H]1c1ccc(Cl)c(Cc2ccc(OCC)cc2)c1. The van der Waals surface area contributed by atoms with Gasteiger partial charge < -0.3 is 18.9 Å². The smallest absolute Gasteiger partial charge is 0.184 e. The third-order valence-electron chi connectivity index (χ3n) is 5.97. The molecular weight excluding hydrogens is 464 g/mol. The molecule has 0 aromatic heterocycles. The van der Waals surface area contributed by atoms with Crippen LogP contribution in [0.15, 0.2) is 54.3 Å². The molecule has 1 heterocycles. The van der Waals surface area contributed by atoms with Crippen LogP contribution in [-0.2, 0) is 25.4 Å². The molecule has 5 nitrogen and oxygen atoms in total. The number of unbranched alkanes of at least 4 members (excludes halogenated alkanes) is 2. The van der Waals surface area contributed by atoms with Crippen LogP contribution < -0.4 is 4.74 Å². The Labute approximate surface area is 214 Å². The van der Waals surface area contributed by atoms with Gasteiger partial charge in [0.25, 0.3) is 0 Å². The van der Waals surface area contributed by atoms with Gasteiger partial charge in [0.05, 0.1) is 6.61 Å². The largest absolute Gasteiger partial charge is 0.494 e. The summed E-state index contributed by atoms with van der Waals surface area (Å²) < 4.78 is 24.1. The fourth-order valence-electron chi connectivity index (χ4n) is 4.06. The summed E-state index contributed by atoms with van der Waals surface area (Å²) in [4.78, 5) is 11.7. The zero-order chi connectivity index (χ0) is 25.0. The molecule has 0 bridgehead atoms. The molecule has 1 aliphatic rings. The Morgan fingerprint density at radius 1 is 0.971 bits per heavy atom. The highest BCUT2D eigenvalue weighted by Crippen LogP contribution is 2.36. The average Bonchev–Trinajstić information content (AvgIpc) is 2.87. The summed E-state index contributed by atoms with van der Waals surface area (Å²) in [6, 6.07) is 13.9. The second-order valence-electron chi connectivity index (χ2n) is 8.71. The van der Waals surface area contributed by atoms with Gasteiger partial charge in [0.15, 0.2) is 18.1 Å². The van der Waals surface area contributed by atoms with E-state index < -0.39 is 6.10 Å². The van der Waals surface area contributed by atoms with Gasteiger partial charge in [-0.1, -0.05) is 62.6 Å². The third-order valence-corrected chi connectivity index (χ3v) is 6.34. The summed E-state index contributed by atoms with van der Waals surface area (Å²) >= 11 is 6.58. The van der Waals surface area contributed by atoms with Crippen molar-refractivity contribution in [2.24, 2.45) is 0 Å². The minimum atomic E-state index is -0.472. The van der Waals surface area contributed by atoms with Crippen LogP contribution in [-0.4, -0.2) is 38.3 Å². The molecule has 0 saturated carbocycles. The van der Waals surface area contributed by atoms with Gasteiger partial charge in [-0.25, -0.2) is 0 Å². The number of allylic oxidation sites excluding steroid dienone is 1. The lowest BCUT2D eigenvalue weighted by Crippen LogP contribution is -2.41. The van der Waals surface area contributed by atoms with Crippen LogP contribution in [0.2, 0.25) is 5.02 Å². The van der Waals surface area contributed by atoms with Gasteiger partial charge in [0, 0.05) is 18.2 Å². The van der Waals surface area contributed by atoms with Crippen molar-refractivity contribution in [3.63, 3.8) is 0 Å². The van der Waals surface area contributed by atoms with E-state index in [1.807, 2.05) is 43.3 Å². The molecule has 0 aliphatic carbocycles. The number of aldehydes is 1. The molecule has 0 amide bonds. The molecule has 0 radical (unpaired) electrons. The summed E-state index contributed by atoms with van der Waals surface area (Å²) in [5.74, 6) is 1.12. The van der Waals surface area contributed by atoms with Crippen molar-refractivity contribution < 1.29 is 23.7 Å². The molecule has 3 rings (SSSR count). The first-order valence-electron chi connectivity index (χ1n) is 12.7. The maximum atomic E-state index is 11.7. The summed E-state index contributed by atoms with van der Waals surface area (Å²) in [5.41, 5.74) is 3.02. The molecule has 190 valence electrons. The Hall–Kier alpha value is -2.34. The van der Waals surface area contributed by atoms with Crippen molar-refractivity contribution >= 4 is 17.9 Å². The average molecular weight is 501 g/mol. The number of benzene rings is 2. The summed E-state index contributed by atoms with van der Waals surface area (Å²) in [5, 5.41) is 0.684. The van der Waals surface area contributed by atoms with E-state index in [0.29, 0.717) is 31.3 Å². The van der Waals surface area contributed by atoms with Crippen molar-refractivity contribution in [2.45, 2.75) is 71.2 Å². The van der Waals surface area contributed by atoms with E-state index in [-0.39, 0.29) is 18.0 Å². The minimum Gasteiger partial charge on any atom is -0.494 e. The van der Waals surface area contributed by atoms with E-state index in [9.17, 15) is 4.79 Å². The standard InChI is InChI=1S/C29H37ClO5/c1-4-7-15-33-27-19-25(20-31)35-28(29(27)34-16-8-5-2)22-11-14-26(30)23(18-22)17-21-9-12-24(13-10-21)32-6-3/h9-14,18-20,27-29H,4-8,15-17H2,1-3H3/t27-,28-,29+/m0/s1. The lowest BCUT2D eigenvalue weighted by molar-refractivity contribution is -0.136. The van der Waals surface area contributed by atoms with E-state index in [1.54, 1.807) is 6.08 Å². The molecule has 0 fully saturated rings. The number of carbonyl (C=O) groups is 1. The summed E-state index contributed by atoms with van der Waals surface area (Å²) in [6.07, 6.45) is 5.91. The predicted molar refractivity (Wildman–Crippen MR) is 139 cm³/mol. The Morgan fingerprint density at radius 3 is 2.34 bits per heavy atom. The molecule has 0 saturated heterocycles. The highest BCUT2D eigenvalue weighted by atomic mass is 35.5. The highest BCUT2D eigenvalue weighted by Gasteiger charge is 2.37. The first kappa shape index (κ1) is 27.3. The second kappa shape index (κ2) is 14.3. The fourth-order valence-corrected chi connectivity index (χ4v) is 4.24. The minimum absolute atomic E-state index is 0.273. The molecule has 2 aromatic carbocycles. The molecule has 3 atom stereocenters. The van der Waals surface area contributed by atoms with E-state index in [2.05, 4.69) is 19.9 Å². The van der Waals surface area contributed by atoms with Crippen molar-refractivity contribution in [2.75, 3.05) is 19.8 Å². The van der Waals surface area contributed by atoms with Crippen LogP contribution in [0.25, 0.3) is 0 Å². The molecular formula is C29H37ClO5. The maximum Gasteiger partial charge on any atom is 0.184 e. The van der Waals surface area contributed by atoms with Gasteiger partial charge in [-0.05, 0) is 67.2 Å². The Bertz CT molecular complexity index is 956. The van der Waals surface area contributed by atoms with Gasteiger partial charge in [-0.3, -0.25) is 4.79 Å². The highest BCUT2D eigenvalue weighted by molar-refractivity contribution is 6.31. The van der Waals surface area contributed by atoms with Crippen molar-refractivity contribution in [1.82, 2.24) is 0 Å². The summed E-state index contributed by atoms with van der Waals surface area (Å²) in [7, 11) is 0. The number of halogens is 1. The van der Waals surface area contributed by atoms with Crippen LogP contribution in [0.5, 0.6) is 5.75 Å². The zero-order valence-electron chi connectivity index (χ0n) is 21.0. The monoisotopic (exact) mass is 500 g/mol. The van der Waals surface area contributed by atoms with E-state index in [1.165, 1.54) is 0 Å². The lowest BCUT2D eigenvalue weighted by atomic mass is 9.94. The van der Waals surface area contributed by atoms with Crippen LogP contribution in [0.4, 0.5) is 0 Å². The van der Waals surface area contributed by atoms with Crippen molar-refractivity contribution in [1.29, 1.82) is 0 Å². The van der Waals surface area contributed by atoms with Crippen LogP contribution >= 0.6 is 11.6 Å². The topological polar surface area (TPSA) is 54.0 Å². The molecule has 0 unspecified atom stereocenters. The van der Waals surface area contributed by atoms with Crippen LogP contribution in [0, 0.1) is 0 Å². The Morgan fingerprint density at radius 2 is 1.69 bits per heavy atom. The van der Waals surface area contributed by atoms with E-state index >= 15 is 0 Å². The van der Waals surface area contributed by atoms with Crippen molar-refractivity contribution in [3.05, 3.63) is 76.0 Å². The fraction of sp³-hybridized carbons (Fsp3) is 0.483. The number of carbonyl (C=O) groups excluding carboxylic acids is 1. The molecule has 6 heteroatoms. The van der Waals surface area contributed by atoms with E-state index in [4.69, 9.17) is 30.5 Å². The Kier molecular flexibility index (Phi) is 11.1. The quantitative estimate of drug-likeness (QED) is 0.209. The molecule has 1 aliphatic heterocycles. The second-order valence-corrected chi connectivity index (χ2v) is 9.12. The maximum absolute atomic E-state index is 11.7. The van der Waals surface area contributed by atoms with Gasteiger partial charge in [0.1, 0.15) is 18.0 Å². The Balaban J connectivity index is 1.87. The third kappa shape index (κ3) is 7.83. The number of rotatable bonds is 14. The lowest BCUT2D eigenvalue weighted by Gasteiger charge is -2.36. The van der Waals surface area contributed by atoms with E-state index in [0.717, 1.165) is 54.4 Å². The van der Waals surface area contributed by atoms with Gasteiger partial charge in [-0.2, -0.15) is 0 Å². The first-order chi connectivity index (χ1) is 17.1. The first-order valence-corrected chi connectivity index (χ1v) is 13.0. The molecule has 0 N–H and O–H groups in total. The molecule has 2 aromatic rings.